The first-order valence-electron chi connectivity index (χ1n) is 7.53. The van der Waals surface area contributed by atoms with Crippen LogP contribution in [0, 0.1) is 0 Å². The third kappa shape index (κ3) is 4.03. The van der Waals surface area contributed by atoms with Crippen LogP contribution < -0.4 is 10.5 Å². The van der Waals surface area contributed by atoms with E-state index in [0.29, 0.717) is 17.5 Å². The number of likely N-dealkylation sites (N-methyl/N-ethyl adjacent to an activating group) is 1. The molecule has 1 saturated heterocycles. The molecule has 0 bridgehead atoms. The zero-order valence-electron chi connectivity index (χ0n) is 12.7. The summed E-state index contributed by atoms with van der Waals surface area (Å²) < 4.78 is 27.3. The summed E-state index contributed by atoms with van der Waals surface area (Å²) in [6.07, 6.45) is 2.20. The van der Waals surface area contributed by atoms with Crippen molar-refractivity contribution >= 4 is 10.0 Å². The van der Waals surface area contributed by atoms with Crippen LogP contribution in [0.25, 0.3) is 0 Å². The van der Waals surface area contributed by atoms with Gasteiger partial charge in [-0.3, -0.25) is 4.90 Å². The minimum absolute atomic E-state index is 0.0914. The Kier molecular flexibility index (Phi) is 5.37. The van der Waals surface area contributed by atoms with E-state index in [2.05, 4.69) is 16.5 Å². The van der Waals surface area contributed by atoms with Crippen LogP contribution in [-0.2, 0) is 10.0 Å². The number of hydrogen-bond donors (Lipinski definition) is 2. The van der Waals surface area contributed by atoms with Crippen LogP contribution in [0.2, 0.25) is 0 Å². The molecule has 1 heterocycles. The Morgan fingerprint density at radius 2 is 2.05 bits per heavy atom. The van der Waals surface area contributed by atoms with Gasteiger partial charge >= 0.3 is 0 Å². The van der Waals surface area contributed by atoms with Gasteiger partial charge in [-0.2, -0.15) is 0 Å². The molecule has 0 aromatic heterocycles. The van der Waals surface area contributed by atoms with E-state index in [1.54, 1.807) is 24.3 Å². The number of nitrogens with zero attached hydrogens (tertiary/aromatic N) is 1. The van der Waals surface area contributed by atoms with Gasteiger partial charge < -0.3 is 5.73 Å². The Morgan fingerprint density at radius 1 is 1.38 bits per heavy atom. The third-order valence-electron chi connectivity index (χ3n) is 4.13. The second kappa shape index (κ2) is 6.87. The molecule has 0 spiro atoms. The predicted molar refractivity (Wildman–Crippen MR) is 84.5 cm³/mol. The van der Waals surface area contributed by atoms with Crippen molar-refractivity contribution in [3.8, 4) is 0 Å². The van der Waals surface area contributed by atoms with Gasteiger partial charge in [-0.25, -0.2) is 13.1 Å². The van der Waals surface area contributed by atoms with E-state index in [9.17, 15) is 8.42 Å². The summed E-state index contributed by atoms with van der Waals surface area (Å²) in [7, 11) is -3.44. The fraction of sp³-hybridized carbons (Fsp3) is 0.600. The van der Waals surface area contributed by atoms with Gasteiger partial charge in [0.25, 0.3) is 0 Å². The van der Waals surface area contributed by atoms with Crippen molar-refractivity contribution in [2.45, 2.75) is 43.7 Å². The molecule has 0 aliphatic carbocycles. The van der Waals surface area contributed by atoms with Crippen molar-refractivity contribution in [3.63, 3.8) is 0 Å². The zero-order chi connectivity index (χ0) is 15.5. The van der Waals surface area contributed by atoms with E-state index >= 15 is 0 Å². The Hall–Kier alpha value is -0.950. The van der Waals surface area contributed by atoms with Crippen molar-refractivity contribution in [2.24, 2.45) is 5.73 Å². The first-order chi connectivity index (χ1) is 9.94. The lowest BCUT2D eigenvalue weighted by molar-refractivity contribution is 0.268. The van der Waals surface area contributed by atoms with Crippen LogP contribution in [0.3, 0.4) is 0 Å². The fourth-order valence-electron chi connectivity index (χ4n) is 2.78. The lowest BCUT2D eigenvalue weighted by atomic mass is 10.1. The summed E-state index contributed by atoms with van der Waals surface area (Å²) >= 11 is 0. The van der Waals surface area contributed by atoms with Gasteiger partial charge in [-0.15, -0.1) is 0 Å². The van der Waals surface area contributed by atoms with Crippen LogP contribution in [0.4, 0.5) is 0 Å². The summed E-state index contributed by atoms with van der Waals surface area (Å²) in [6.45, 7) is 6.49. The van der Waals surface area contributed by atoms with Crippen LogP contribution in [0.1, 0.15) is 38.3 Å². The molecule has 0 saturated carbocycles. The minimum Gasteiger partial charge on any atom is -0.324 e. The molecule has 2 rings (SSSR count). The quantitative estimate of drug-likeness (QED) is 0.834. The Morgan fingerprint density at radius 3 is 2.62 bits per heavy atom. The first kappa shape index (κ1) is 16.4. The van der Waals surface area contributed by atoms with Crippen molar-refractivity contribution in [3.05, 3.63) is 29.8 Å². The van der Waals surface area contributed by atoms with E-state index in [1.165, 1.54) is 0 Å². The molecule has 118 valence electrons. The maximum Gasteiger partial charge on any atom is 0.240 e. The van der Waals surface area contributed by atoms with Crippen LogP contribution in [0.15, 0.2) is 29.2 Å². The van der Waals surface area contributed by atoms with Gasteiger partial charge in [0, 0.05) is 18.6 Å². The van der Waals surface area contributed by atoms with Gasteiger partial charge in [-0.05, 0) is 50.6 Å². The maximum absolute atomic E-state index is 12.3. The second-order valence-corrected chi connectivity index (χ2v) is 7.40. The molecule has 5 nitrogen and oxygen atoms in total. The molecule has 6 heteroatoms. The molecule has 3 N–H and O–H groups in total. The van der Waals surface area contributed by atoms with E-state index in [4.69, 9.17) is 5.73 Å². The largest absolute Gasteiger partial charge is 0.324 e. The van der Waals surface area contributed by atoms with E-state index in [-0.39, 0.29) is 6.04 Å². The molecular weight excluding hydrogens is 286 g/mol. The average Bonchev–Trinajstić information content (AvgIpc) is 2.93. The van der Waals surface area contributed by atoms with Crippen LogP contribution in [0.5, 0.6) is 0 Å². The minimum atomic E-state index is -3.44. The molecule has 1 aliphatic rings. The van der Waals surface area contributed by atoms with Crippen LogP contribution >= 0.6 is 0 Å². The Bertz CT molecular complexity index is 555. The standard InChI is InChI=1S/C15H25N3O2S/c1-3-18-10-4-5-14(18)11-17-21(19,20)15-8-6-13(7-9-15)12(2)16/h6-9,12,14,17H,3-5,10-11,16H2,1-2H3. The van der Waals surface area contributed by atoms with Gasteiger partial charge in [0.15, 0.2) is 0 Å². The number of rotatable bonds is 6. The van der Waals surface area contributed by atoms with E-state index in [1.807, 2.05) is 6.92 Å². The van der Waals surface area contributed by atoms with Crippen molar-refractivity contribution < 1.29 is 8.42 Å². The number of nitrogens with two attached hydrogens (primary N) is 1. The summed E-state index contributed by atoms with van der Waals surface area (Å²) in [5.74, 6) is 0. The molecule has 2 unspecified atom stereocenters. The highest BCUT2D eigenvalue weighted by atomic mass is 32.2. The number of nitrogens with one attached hydrogen (secondary N) is 1. The summed E-state index contributed by atoms with van der Waals surface area (Å²) in [6, 6.07) is 7.00. The Labute approximate surface area is 127 Å². The summed E-state index contributed by atoms with van der Waals surface area (Å²) in [5, 5.41) is 0. The molecule has 2 atom stereocenters. The topological polar surface area (TPSA) is 75.4 Å². The number of likely N-dealkylation sites (tertiary alicyclic amines) is 1. The van der Waals surface area contributed by atoms with Crippen LogP contribution in [-0.4, -0.2) is 39.0 Å². The normalized spacial score (nSPS) is 21.6. The summed E-state index contributed by atoms with van der Waals surface area (Å²) in [4.78, 5) is 2.62. The third-order valence-corrected chi connectivity index (χ3v) is 5.57. The smallest absolute Gasteiger partial charge is 0.240 e. The molecular formula is C15H25N3O2S. The molecule has 1 fully saturated rings. The molecule has 1 aromatic carbocycles. The van der Waals surface area contributed by atoms with E-state index < -0.39 is 10.0 Å². The molecule has 1 aliphatic heterocycles. The lowest BCUT2D eigenvalue weighted by Crippen LogP contribution is -2.39. The van der Waals surface area contributed by atoms with E-state index in [0.717, 1.165) is 31.5 Å². The highest BCUT2D eigenvalue weighted by molar-refractivity contribution is 7.89. The second-order valence-electron chi connectivity index (χ2n) is 5.63. The van der Waals surface area contributed by atoms with Crippen molar-refractivity contribution in [2.75, 3.05) is 19.6 Å². The molecule has 1 aromatic rings. The first-order valence-corrected chi connectivity index (χ1v) is 9.01. The zero-order valence-corrected chi connectivity index (χ0v) is 13.6. The van der Waals surface area contributed by atoms with Gasteiger partial charge in [0.1, 0.15) is 0 Å². The summed E-state index contributed by atoms with van der Waals surface area (Å²) in [5.41, 5.74) is 6.71. The highest BCUT2D eigenvalue weighted by Crippen LogP contribution is 2.18. The maximum atomic E-state index is 12.3. The van der Waals surface area contributed by atoms with Gasteiger partial charge in [0.05, 0.1) is 4.90 Å². The van der Waals surface area contributed by atoms with Crippen molar-refractivity contribution in [1.29, 1.82) is 0 Å². The van der Waals surface area contributed by atoms with Gasteiger partial charge in [-0.1, -0.05) is 19.1 Å². The van der Waals surface area contributed by atoms with Crippen molar-refractivity contribution in [1.82, 2.24) is 9.62 Å². The van der Waals surface area contributed by atoms with Gasteiger partial charge in [0.2, 0.25) is 10.0 Å². The fourth-order valence-corrected chi connectivity index (χ4v) is 3.86. The Balaban J connectivity index is 2.01. The monoisotopic (exact) mass is 311 g/mol. The molecule has 21 heavy (non-hydrogen) atoms. The number of hydrogen-bond acceptors (Lipinski definition) is 4. The highest BCUT2D eigenvalue weighted by Gasteiger charge is 2.25. The number of sulfonamides is 1. The average molecular weight is 311 g/mol. The molecule has 0 radical (unpaired) electrons. The SMILES string of the molecule is CCN1CCCC1CNS(=O)(=O)c1ccc(C(C)N)cc1. The number of benzene rings is 1. The lowest BCUT2D eigenvalue weighted by Gasteiger charge is -2.22. The molecule has 0 amide bonds. The predicted octanol–water partition coefficient (Wildman–Crippen LogP) is 1.47.